The second-order valence-electron chi connectivity index (χ2n) is 5.56. The maximum Gasteiger partial charge on any atom is 0.257 e. The summed E-state index contributed by atoms with van der Waals surface area (Å²) in [6, 6.07) is 4.52. The smallest absolute Gasteiger partial charge is 0.257 e. The van der Waals surface area contributed by atoms with E-state index in [2.05, 4.69) is 38.0 Å². The van der Waals surface area contributed by atoms with Crippen molar-refractivity contribution in [2.75, 3.05) is 13.1 Å². The van der Waals surface area contributed by atoms with Crippen LogP contribution < -0.4 is 5.73 Å². The summed E-state index contributed by atoms with van der Waals surface area (Å²) in [5, 5.41) is 8.33. The molecular formula is C14H19BrN4OS. The fraction of sp³-hybridized carbons (Fsp3) is 0.571. The summed E-state index contributed by atoms with van der Waals surface area (Å²) in [7, 11) is 0. The van der Waals surface area contributed by atoms with E-state index in [4.69, 9.17) is 10.2 Å². The first-order valence-electron chi connectivity index (χ1n) is 7.18. The van der Waals surface area contributed by atoms with Crippen molar-refractivity contribution in [2.24, 2.45) is 11.7 Å². The molecule has 3 heterocycles. The Morgan fingerprint density at radius 1 is 1.43 bits per heavy atom. The van der Waals surface area contributed by atoms with Gasteiger partial charge in [0.25, 0.3) is 5.89 Å². The molecular weight excluding hydrogens is 352 g/mol. The highest BCUT2D eigenvalue weighted by Crippen LogP contribution is 2.31. The molecule has 0 amide bonds. The summed E-state index contributed by atoms with van der Waals surface area (Å²) in [4.78, 5) is 3.38. The van der Waals surface area contributed by atoms with Crippen molar-refractivity contribution in [1.82, 2.24) is 15.1 Å². The van der Waals surface area contributed by atoms with Gasteiger partial charge in [0.2, 0.25) is 5.89 Å². The first kappa shape index (κ1) is 15.1. The van der Waals surface area contributed by atoms with Crippen molar-refractivity contribution in [3.63, 3.8) is 0 Å². The first-order valence-corrected chi connectivity index (χ1v) is 8.79. The van der Waals surface area contributed by atoms with Crippen molar-refractivity contribution in [1.29, 1.82) is 0 Å². The summed E-state index contributed by atoms with van der Waals surface area (Å²) < 4.78 is 6.86. The molecule has 2 atom stereocenters. The molecule has 21 heavy (non-hydrogen) atoms. The Balaban J connectivity index is 1.69. The third-order valence-corrected chi connectivity index (χ3v) is 5.64. The molecule has 1 saturated heterocycles. The third-order valence-electron chi connectivity index (χ3n) is 4.03. The minimum atomic E-state index is 0.541. The van der Waals surface area contributed by atoms with Gasteiger partial charge in [0.05, 0.1) is 15.2 Å². The van der Waals surface area contributed by atoms with Gasteiger partial charge in [-0.2, -0.15) is 0 Å². The molecule has 1 aliphatic rings. The van der Waals surface area contributed by atoms with Gasteiger partial charge in [-0.15, -0.1) is 21.5 Å². The van der Waals surface area contributed by atoms with Gasteiger partial charge in [-0.1, -0.05) is 0 Å². The van der Waals surface area contributed by atoms with Gasteiger partial charge in [-0.3, -0.25) is 4.90 Å². The van der Waals surface area contributed by atoms with Gasteiger partial charge < -0.3 is 10.2 Å². The van der Waals surface area contributed by atoms with E-state index >= 15 is 0 Å². The van der Waals surface area contributed by atoms with Crippen molar-refractivity contribution < 1.29 is 4.42 Å². The number of hydrogen-bond donors (Lipinski definition) is 1. The average molecular weight is 371 g/mol. The Kier molecular flexibility index (Phi) is 4.73. The zero-order valence-electron chi connectivity index (χ0n) is 12.0. The van der Waals surface area contributed by atoms with Crippen LogP contribution in [0.1, 0.15) is 25.7 Å². The van der Waals surface area contributed by atoms with Crippen LogP contribution in [-0.2, 0) is 6.54 Å². The third kappa shape index (κ3) is 3.53. The number of rotatable bonds is 4. The van der Waals surface area contributed by atoms with Crippen LogP contribution in [0.25, 0.3) is 10.8 Å². The van der Waals surface area contributed by atoms with Crippen molar-refractivity contribution in [2.45, 2.75) is 32.4 Å². The monoisotopic (exact) mass is 370 g/mol. The molecule has 2 aromatic rings. The van der Waals surface area contributed by atoms with Crippen LogP contribution in [0.15, 0.2) is 20.3 Å². The van der Waals surface area contributed by atoms with Gasteiger partial charge in [0.15, 0.2) is 0 Å². The largest absolute Gasteiger partial charge is 0.419 e. The summed E-state index contributed by atoms with van der Waals surface area (Å²) >= 11 is 5.04. The average Bonchev–Trinajstić information content (AvgIpc) is 3.10. The van der Waals surface area contributed by atoms with E-state index in [0.717, 1.165) is 21.8 Å². The molecule has 1 aliphatic heterocycles. The molecule has 5 nitrogen and oxygen atoms in total. The summed E-state index contributed by atoms with van der Waals surface area (Å²) in [6.45, 7) is 4.72. The van der Waals surface area contributed by atoms with Gasteiger partial charge in [0.1, 0.15) is 0 Å². The molecule has 2 aromatic heterocycles. The van der Waals surface area contributed by atoms with Crippen LogP contribution in [0.4, 0.5) is 0 Å². The Labute approximate surface area is 136 Å². The van der Waals surface area contributed by atoms with Gasteiger partial charge >= 0.3 is 0 Å². The molecule has 0 aliphatic carbocycles. The predicted octanol–water partition coefficient (Wildman–Crippen LogP) is 3.12. The molecule has 3 rings (SSSR count). The summed E-state index contributed by atoms with van der Waals surface area (Å²) in [6.07, 6.45) is 2.40. The van der Waals surface area contributed by atoms with Crippen LogP contribution >= 0.6 is 27.3 Å². The Hall–Kier alpha value is -0.760. The van der Waals surface area contributed by atoms with E-state index in [9.17, 15) is 0 Å². The summed E-state index contributed by atoms with van der Waals surface area (Å²) in [5.74, 6) is 1.86. The van der Waals surface area contributed by atoms with Crippen LogP contribution in [0.2, 0.25) is 0 Å². The number of piperidine rings is 1. The molecule has 1 fully saturated rings. The number of aromatic nitrogens is 2. The molecule has 0 radical (unpaired) electrons. The van der Waals surface area contributed by atoms with Gasteiger partial charge in [0, 0.05) is 12.6 Å². The Morgan fingerprint density at radius 3 is 3.00 bits per heavy atom. The lowest BCUT2D eigenvalue weighted by Crippen LogP contribution is -2.43. The van der Waals surface area contributed by atoms with Gasteiger partial charge in [-0.25, -0.2) is 0 Å². The number of thiophene rings is 1. The fourth-order valence-electron chi connectivity index (χ4n) is 2.70. The Morgan fingerprint density at radius 2 is 2.29 bits per heavy atom. The predicted molar refractivity (Wildman–Crippen MR) is 87.0 cm³/mol. The second-order valence-corrected chi connectivity index (χ2v) is 8.03. The second kappa shape index (κ2) is 6.56. The normalized spacial score (nSPS) is 23.6. The van der Waals surface area contributed by atoms with E-state index < -0.39 is 0 Å². The SMILES string of the molecule is CC1CCC(CN)CN1Cc1nnc(-c2ccc(Br)s2)o1. The molecule has 0 saturated carbocycles. The standard InChI is InChI=1S/C14H19BrN4OS/c1-9-2-3-10(6-16)7-19(9)8-13-17-18-14(20-13)11-4-5-12(15)21-11/h4-5,9-10H,2-3,6-8,16H2,1H3. The van der Waals surface area contributed by atoms with E-state index in [1.165, 1.54) is 12.8 Å². The highest BCUT2D eigenvalue weighted by atomic mass is 79.9. The zero-order chi connectivity index (χ0) is 14.8. The Bertz CT molecular complexity index is 599. The first-order chi connectivity index (χ1) is 10.2. The highest BCUT2D eigenvalue weighted by Gasteiger charge is 2.26. The molecule has 7 heteroatoms. The lowest BCUT2D eigenvalue weighted by Gasteiger charge is -2.36. The number of hydrogen-bond acceptors (Lipinski definition) is 6. The van der Waals surface area contributed by atoms with E-state index in [-0.39, 0.29) is 0 Å². The topological polar surface area (TPSA) is 68.2 Å². The highest BCUT2D eigenvalue weighted by molar-refractivity contribution is 9.11. The number of nitrogens with two attached hydrogens (primary N) is 1. The van der Waals surface area contributed by atoms with E-state index in [0.29, 0.717) is 30.3 Å². The summed E-state index contributed by atoms with van der Waals surface area (Å²) in [5.41, 5.74) is 5.81. The zero-order valence-corrected chi connectivity index (χ0v) is 14.4. The molecule has 0 bridgehead atoms. The van der Waals surface area contributed by atoms with Crippen molar-refractivity contribution in [3.05, 3.63) is 21.8 Å². The maximum absolute atomic E-state index is 5.81. The number of nitrogens with zero attached hydrogens (tertiary/aromatic N) is 3. The molecule has 0 spiro atoms. The number of halogens is 1. The van der Waals surface area contributed by atoms with Crippen LogP contribution in [0, 0.1) is 5.92 Å². The molecule has 0 aromatic carbocycles. The molecule has 2 unspecified atom stereocenters. The number of likely N-dealkylation sites (tertiary alicyclic amines) is 1. The van der Waals surface area contributed by atoms with Gasteiger partial charge in [-0.05, 0) is 60.3 Å². The van der Waals surface area contributed by atoms with Crippen LogP contribution in [0.5, 0.6) is 0 Å². The molecule has 114 valence electrons. The van der Waals surface area contributed by atoms with Crippen LogP contribution in [-0.4, -0.2) is 34.2 Å². The minimum absolute atomic E-state index is 0.541. The minimum Gasteiger partial charge on any atom is -0.419 e. The van der Waals surface area contributed by atoms with Crippen molar-refractivity contribution >= 4 is 27.3 Å². The lowest BCUT2D eigenvalue weighted by molar-refractivity contribution is 0.103. The molecule has 2 N–H and O–H groups in total. The fourth-order valence-corrected chi connectivity index (χ4v) is 4.00. The van der Waals surface area contributed by atoms with E-state index in [1.807, 2.05) is 12.1 Å². The lowest BCUT2D eigenvalue weighted by atomic mass is 9.93. The maximum atomic E-state index is 5.81. The van der Waals surface area contributed by atoms with Crippen molar-refractivity contribution in [3.8, 4) is 10.8 Å². The quantitative estimate of drug-likeness (QED) is 0.895. The van der Waals surface area contributed by atoms with Crippen LogP contribution in [0.3, 0.4) is 0 Å². The van der Waals surface area contributed by atoms with E-state index in [1.54, 1.807) is 11.3 Å².